The van der Waals surface area contributed by atoms with E-state index in [9.17, 15) is 28.8 Å². The van der Waals surface area contributed by atoms with Crippen LogP contribution in [0, 0.1) is 21.7 Å². The number of ether oxygens (including phenoxy) is 1. The first-order valence-electron chi connectivity index (χ1n) is 16.4. The van der Waals surface area contributed by atoms with Gasteiger partial charge in [0.1, 0.15) is 6.29 Å². The van der Waals surface area contributed by atoms with E-state index in [0.29, 0.717) is 39.1 Å². The second-order valence-electron chi connectivity index (χ2n) is 17.2. The summed E-state index contributed by atoms with van der Waals surface area (Å²) in [5.74, 6) is -0.782. The zero-order chi connectivity index (χ0) is 35.9. The smallest absolute Gasteiger partial charge is 0.230 e. The minimum absolute atomic E-state index is 0.116. The van der Waals surface area contributed by atoms with E-state index in [1.54, 1.807) is 11.9 Å². The molecule has 1 saturated heterocycles. The van der Waals surface area contributed by atoms with Gasteiger partial charge in [0.15, 0.2) is 0 Å². The van der Waals surface area contributed by atoms with Crippen LogP contribution in [-0.4, -0.2) is 90.1 Å². The average molecular weight is 651 g/mol. The third-order valence-electron chi connectivity index (χ3n) is 8.83. The summed E-state index contributed by atoms with van der Waals surface area (Å²) in [4.78, 5) is 77.1. The second-order valence-corrected chi connectivity index (χ2v) is 17.2. The van der Waals surface area contributed by atoms with Crippen molar-refractivity contribution in [2.45, 2.75) is 133 Å². The molecule has 11 nitrogen and oxygen atoms in total. The van der Waals surface area contributed by atoms with Gasteiger partial charge < -0.3 is 25.1 Å². The first kappa shape index (κ1) is 41.2. The maximum absolute atomic E-state index is 13.2. The molecule has 0 atom stereocenters. The summed E-state index contributed by atoms with van der Waals surface area (Å²) in [6.45, 7) is 24.5. The van der Waals surface area contributed by atoms with Crippen molar-refractivity contribution in [3.8, 4) is 0 Å². The Bertz CT molecular complexity index is 1120. The first-order valence-corrected chi connectivity index (χ1v) is 16.4. The number of amides is 5. The molecular weight excluding hydrogens is 588 g/mol. The Morgan fingerprint density at radius 1 is 0.761 bits per heavy atom. The van der Waals surface area contributed by atoms with Crippen LogP contribution in [0.25, 0.3) is 0 Å². The maximum atomic E-state index is 13.2. The number of hydrogen-bond acceptors (Lipinski definition) is 7. The molecule has 0 aliphatic carbocycles. The van der Waals surface area contributed by atoms with Gasteiger partial charge in [-0.1, -0.05) is 55.4 Å². The lowest BCUT2D eigenvalue weighted by atomic mass is 9.78. The Kier molecular flexibility index (Phi) is 13.8. The summed E-state index contributed by atoms with van der Waals surface area (Å²) in [6.07, 6.45) is 2.27. The number of carbonyl (C=O) groups is 6. The average Bonchev–Trinajstić information content (AvgIpc) is 3.25. The SMILES string of the molecule is CN(C(=O)CCC=O)C(C)(C)CC(C)(C)C(=O)NCC(C)(C)COCC(C)(C)CNC(=O)C(C)(C)CC(C)(C)N1C(=O)CCC1=O. The lowest BCUT2D eigenvalue weighted by molar-refractivity contribution is -0.147. The Hall–Kier alpha value is -2.82. The van der Waals surface area contributed by atoms with Crippen molar-refractivity contribution in [3.05, 3.63) is 0 Å². The van der Waals surface area contributed by atoms with Gasteiger partial charge in [-0.05, 0) is 40.5 Å². The van der Waals surface area contributed by atoms with E-state index in [1.807, 2.05) is 83.1 Å². The molecule has 0 saturated carbocycles. The molecule has 0 radical (unpaired) electrons. The quantitative estimate of drug-likeness (QED) is 0.157. The van der Waals surface area contributed by atoms with Crippen LogP contribution in [0.3, 0.4) is 0 Å². The van der Waals surface area contributed by atoms with Crippen LogP contribution >= 0.6 is 0 Å². The van der Waals surface area contributed by atoms with Crippen LogP contribution in [0.2, 0.25) is 0 Å². The molecule has 0 spiro atoms. The summed E-state index contributed by atoms with van der Waals surface area (Å²) in [6, 6.07) is 0. The molecule has 1 aliphatic rings. The summed E-state index contributed by atoms with van der Waals surface area (Å²) >= 11 is 0. The van der Waals surface area contributed by atoms with Crippen LogP contribution in [0.15, 0.2) is 0 Å². The number of hydrogen-bond donors (Lipinski definition) is 2. The minimum atomic E-state index is -0.811. The highest BCUT2D eigenvalue weighted by atomic mass is 16.5. The second kappa shape index (κ2) is 15.4. The minimum Gasteiger partial charge on any atom is -0.380 e. The zero-order valence-corrected chi connectivity index (χ0v) is 30.9. The van der Waals surface area contributed by atoms with Gasteiger partial charge in [0.05, 0.1) is 13.2 Å². The molecule has 0 bridgehead atoms. The number of nitrogens with zero attached hydrogens (tertiary/aromatic N) is 2. The molecule has 5 amide bonds. The molecule has 0 unspecified atom stereocenters. The monoisotopic (exact) mass is 650 g/mol. The van der Waals surface area contributed by atoms with E-state index >= 15 is 0 Å². The third kappa shape index (κ3) is 12.1. The highest BCUT2D eigenvalue weighted by molar-refractivity contribution is 6.02. The number of rotatable bonds is 19. The van der Waals surface area contributed by atoms with Gasteiger partial charge in [0, 0.05) is 78.6 Å². The fraction of sp³-hybridized carbons (Fsp3) is 0.829. The molecule has 0 aromatic rings. The summed E-state index contributed by atoms with van der Waals surface area (Å²) in [7, 11) is 1.71. The van der Waals surface area contributed by atoms with Crippen molar-refractivity contribution in [1.29, 1.82) is 0 Å². The van der Waals surface area contributed by atoms with E-state index in [4.69, 9.17) is 4.74 Å². The van der Waals surface area contributed by atoms with Crippen LogP contribution in [0.5, 0.6) is 0 Å². The van der Waals surface area contributed by atoms with Crippen molar-refractivity contribution in [2.24, 2.45) is 21.7 Å². The van der Waals surface area contributed by atoms with Crippen molar-refractivity contribution >= 4 is 35.8 Å². The molecule has 1 fully saturated rings. The highest BCUT2D eigenvalue weighted by Gasteiger charge is 2.45. The molecule has 46 heavy (non-hydrogen) atoms. The number of aldehydes is 1. The van der Waals surface area contributed by atoms with Gasteiger partial charge in [0.25, 0.3) is 0 Å². The molecule has 2 N–H and O–H groups in total. The number of imide groups is 1. The highest BCUT2D eigenvalue weighted by Crippen LogP contribution is 2.35. The fourth-order valence-electron chi connectivity index (χ4n) is 6.28. The van der Waals surface area contributed by atoms with Crippen LogP contribution in [-0.2, 0) is 33.5 Å². The number of likely N-dealkylation sites (tertiary alicyclic amines) is 1. The molecule has 1 aliphatic heterocycles. The largest absolute Gasteiger partial charge is 0.380 e. The molecule has 0 aromatic carbocycles. The summed E-state index contributed by atoms with van der Waals surface area (Å²) in [5.41, 5.74) is -3.65. The molecule has 264 valence electrons. The van der Waals surface area contributed by atoms with Gasteiger partial charge in [-0.25, -0.2) is 0 Å². The Labute approximate surface area is 277 Å². The van der Waals surface area contributed by atoms with E-state index in [2.05, 4.69) is 10.6 Å². The lowest BCUT2D eigenvalue weighted by Crippen LogP contribution is -2.52. The first-order chi connectivity index (χ1) is 20.7. The van der Waals surface area contributed by atoms with Gasteiger partial charge in [-0.3, -0.25) is 28.9 Å². The Balaban J connectivity index is 2.62. The molecular formula is C35H62N4O7. The van der Waals surface area contributed by atoms with Gasteiger partial charge in [-0.15, -0.1) is 0 Å². The molecule has 1 rings (SSSR count). The predicted octanol–water partition coefficient (Wildman–Crippen LogP) is 4.26. The van der Waals surface area contributed by atoms with Crippen molar-refractivity contribution in [2.75, 3.05) is 33.4 Å². The number of nitrogens with one attached hydrogen (secondary N) is 2. The zero-order valence-electron chi connectivity index (χ0n) is 30.9. The Morgan fingerprint density at radius 3 is 1.59 bits per heavy atom. The van der Waals surface area contributed by atoms with Crippen molar-refractivity contribution < 1.29 is 33.5 Å². The third-order valence-corrected chi connectivity index (χ3v) is 8.83. The maximum Gasteiger partial charge on any atom is 0.230 e. The summed E-state index contributed by atoms with van der Waals surface area (Å²) in [5, 5.41) is 6.11. The van der Waals surface area contributed by atoms with Crippen LogP contribution < -0.4 is 10.6 Å². The van der Waals surface area contributed by atoms with Gasteiger partial charge in [0.2, 0.25) is 29.5 Å². The van der Waals surface area contributed by atoms with E-state index in [1.165, 1.54) is 4.90 Å². The van der Waals surface area contributed by atoms with E-state index in [0.717, 1.165) is 6.29 Å². The molecule has 11 heteroatoms. The predicted molar refractivity (Wildman–Crippen MR) is 179 cm³/mol. The normalized spacial score (nSPS) is 15.2. The number of carbonyl (C=O) groups excluding carboxylic acids is 6. The topological polar surface area (TPSA) is 142 Å². The fourth-order valence-corrected chi connectivity index (χ4v) is 6.28. The molecule has 1 heterocycles. The lowest BCUT2D eigenvalue weighted by Gasteiger charge is -2.41. The van der Waals surface area contributed by atoms with Crippen LogP contribution in [0.4, 0.5) is 0 Å². The van der Waals surface area contributed by atoms with Gasteiger partial charge >= 0.3 is 0 Å². The van der Waals surface area contributed by atoms with E-state index < -0.39 is 21.9 Å². The van der Waals surface area contributed by atoms with Gasteiger partial charge in [-0.2, -0.15) is 0 Å². The Morgan fingerprint density at radius 2 is 1.17 bits per heavy atom. The molecule has 0 aromatic heterocycles. The van der Waals surface area contributed by atoms with E-state index in [-0.39, 0.29) is 66.0 Å². The standard InChI is InChI=1S/C35H62N4O7/c1-30(2,21-36-28(44)32(5,6)19-34(9,10)38(13)25(41)15-14-18-40)23-46-24-31(3,4)22-37-29(45)33(7,8)20-35(11,12)39-26(42)16-17-27(39)43/h18H,14-17,19-24H2,1-13H3,(H,36,44)(H,37,45). The van der Waals surface area contributed by atoms with Crippen LogP contribution in [0.1, 0.15) is 122 Å². The van der Waals surface area contributed by atoms with Crippen molar-refractivity contribution in [3.63, 3.8) is 0 Å². The summed E-state index contributed by atoms with van der Waals surface area (Å²) < 4.78 is 6.09. The van der Waals surface area contributed by atoms with Crippen molar-refractivity contribution in [1.82, 2.24) is 20.4 Å².